The number of nitriles is 1. The number of hydrogen-bond donors (Lipinski definition) is 0. The van der Waals surface area contributed by atoms with E-state index in [1.165, 1.54) is 0 Å². The molecule has 0 aliphatic carbocycles. The number of carbonyl (C=O) groups is 1. The third-order valence-corrected chi connectivity index (χ3v) is 4.53. The van der Waals surface area contributed by atoms with Gasteiger partial charge in [-0.3, -0.25) is 4.79 Å². The highest BCUT2D eigenvalue weighted by atomic mass is 16.5. The third-order valence-electron chi connectivity index (χ3n) is 4.53. The summed E-state index contributed by atoms with van der Waals surface area (Å²) < 4.78 is 10.5. The van der Waals surface area contributed by atoms with E-state index in [1.807, 2.05) is 29.2 Å². The molecule has 1 saturated heterocycles. The van der Waals surface area contributed by atoms with Gasteiger partial charge in [0.15, 0.2) is 0 Å². The molecule has 1 aliphatic heterocycles. The van der Waals surface area contributed by atoms with Crippen LogP contribution in [0.3, 0.4) is 0 Å². The summed E-state index contributed by atoms with van der Waals surface area (Å²) in [4.78, 5) is 16.8. The number of benzene rings is 2. The molecule has 6 nitrogen and oxygen atoms in total. The minimum atomic E-state index is -0.0459. The number of rotatable bonds is 4. The first-order valence-corrected chi connectivity index (χ1v) is 8.42. The molecule has 2 aromatic rings. The maximum Gasteiger partial charge on any atom is 0.254 e. The molecule has 0 bridgehead atoms. The van der Waals surface area contributed by atoms with E-state index in [0.29, 0.717) is 48.8 Å². The largest absolute Gasteiger partial charge is 0.497 e. The number of carbonyl (C=O) groups excluding carboxylic acids is 1. The summed E-state index contributed by atoms with van der Waals surface area (Å²) >= 11 is 0. The molecule has 0 radical (unpaired) electrons. The minimum absolute atomic E-state index is 0.0459. The van der Waals surface area contributed by atoms with Crippen molar-refractivity contribution in [2.45, 2.75) is 0 Å². The van der Waals surface area contributed by atoms with Crippen molar-refractivity contribution >= 4 is 11.6 Å². The predicted molar refractivity (Wildman–Crippen MR) is 98.8 cm³/mol. The van der Waals surface area contributed by atoms with Crippen LogP contribution in [-0.4, -0.2) is 51.2 Å². The van der Waals surface area contributed by atoms with E-state index in [-0.39, 0.29) is 5.91 Å². The Balaban J connectivity index is 1.72. The van der Waals surface area contributed by atoms with Gasteiger partial charge < -0.3 is 19.3 Å². The van der Waals surface area contributed by atoms with E-state index in [1.54, 1.807) is 32.4 Å². The van der Waals surface area contributed by atoms with Gasteiger partial charge in [-0.05, 0) is 24.3 Å². The van der Waals surface area contributed by atoms with E-state index in [9.17, 15) is 10.1 Å². The molecule has 0 atom stereocenters. The van der Waals surface area contributed by atoms with E-state index in [4.69, 9.17) is 9.47 Å². The van der Waals surface area contributed by atoms with Gasteiger partial charge in [0.1, 0.15) is 17.6 Å². The molecular weight excluding hydrogens is 330 g/mol. The average Bonchev–Trinajstić information content (AvgIpc) is 2.72. The average molecular weight is 351 g/mol. The zero-order valence-electron chi connectivity index (χ0n) is 14.9. The van der Waals surface area contributed by atoms with Crippen LogP contribution in [0.15, 0.2) is 42.5 Å². The van der Waals surface area contributed by atoms with Crippen molar-refractivity contribution in [3.8, 4) is 17.6 Å². The lowest BCUT2D eigenvalue weighted by Crippen LogP contribution is -2.49. The van der Waals surface area contributed by atoms with Crippen molar-refractivity contribution in [1.29, 1.82) is 5.26 Å². The number of methoxy groups -OCH3 is 2. The maximum absolute atomic E-state index is 12.8. The summed E-state index contributed by atoms with van der Waals surface area (Å²) in [6.07, 6.45) is 0. The van der Waals surface area contributed by atoms with Crippen LogP contribution >= 0.6 is 0 Å². The van der Waals surface area contributed by atoms with Crippen molar-refractivity contribution in [2.75, 3.05) is 45.3 Å². The highest BCUT2D eigenvalue weighted by molar-refractivity contribution is 5.95. The van der Waals surface area contributed by atoms with Crippen LogP contribution in [0.25, 0.3) is 0 Å². The molecule has 26 heavy (non-hydrogen) atoms. The summed E-state index contributed by atoms with van der Waals surface area (Å²) in [7, 11) is 3.13. The number of nitrogens with zero attached hydrogens (tertiary/aromatic N) is 3. The van der Waals surface area contributed by atoms with E-state index in [2.05, 4.69) is 11.0 Å². The number of ether oxygens (including phenoxy) is 2. The zero-order valence-corrected chi connectivity index (χ0v) is 14.9. The van der Waals surface area contributed by atoms with E-state index < -0.39 is 0 Å². The van der Waals surface area contributed by atoms with Gasteiger partial charge in [0.05, 0.1) is 25.5 Å². The molecule has 0 unspecified atom stereocenters. The van der Waals surface area contributed by atoms with Crippen molar-refractivity contribution in [1.82, 2.24) is 4.90 Å². The zero-order chi connectivity index (χ0) is 18.5. The molecule has 0 N–H and O–H groups in total. The predicted octanol–water partition coefficient (Wildman–Crippen LogP) is 2.54. The van der Waals surface area contributed by atoms with Gasteiger partial charge in [0.2, 0.25) is 0 Å². The SMILES string of the molecule is COc1cc(OC)cc(C(=O)N2CCN(c3ccccc3C#N)CC2)c1. The Labute approximate surface area is 153 Å². The van der Waals surface area contributed by atoms with Crippen molar-refractivity contribution in [3.05, 3.63) is 53.6 Å². The van der Waals surface area contributed by atoms with Crippen LogP contribution < -0.4 is 14.4 Å². The van der Waals surface area contributed by atoms with Crippen molar-refractivity contribution < 1.29 is 14.3 Å². The van der Waals surface area contributed by atoms with Gasteiger partial charge in [-0.25, -0.2) is 0 Å². The van der Waals surface area contributed by atoms with Crippen LogP contribution in [0.2, 0.25) is 0 Å². The molecular formula is C20H21N3O3. The third kappa shape index (κ3) is 3.57. The minimum Gasteiger partial charge on any atom is -0.497 e. The second-order valence-corrected chi connectivity index (χ2v) is 6.01. The van der Waals surface area contributed by atoms with Crippen LogP contribution in [-0.2, 0) is 0 Å². The second-order valence-electron chi connectivity index (χ2n) is 6.01. The summed E-state index contributed by atoms with van der Waals surface area (Å²) in [5.41, 5.74) is 2.13. The lowest BCUT2D eigenvalue weighted by molar-refractivity contribution is 0.0746. The van der Waals surface area contributed by atoms with Gasteiger partial charge in [-0.2, -0.15) is 5.26 Å². The Morgan fingerprint density at radius 1 is 1.00 bits per heavy atom. The first-order valence-electron chi connectivity index (χ1n) is 8.42. The lowest BCUT2D eigenvalue weighted by atomic mass is 10.1. The molecule has 1 amide bonds. The molecule has 0 saturated carbocycles. The van der Waals surface area contributed by atoms with Gasteiger partial charge in [-0.15, -0.1) is 0 Å². The van der Waals surface area contributed by atoms with Crippen LogP contribution in [0.4, 0.5) is 5.69 Å². The molecule has 0 aromatic heterocycles. The maximum atomic E-state index is 12.8. The Hall–Kier alpha value is -3.20. The van der Waals surface area contributed by atoms with Crippen molar-refractivity contribution in [3.63, 3.8) is 0 Å². The number of anilines is 1. The fourth-order valence-corrected chi connectivity index (χ4v) is 3.11. The summed E-state index contributed by atoms with van der Waals surface area (Å²) in [6.45, 7) is 2.56. The first kappa shape index (κ1) is 17.6. The Morgan fingerprint density at radius 2 is 1.62 bits per heavy atom. The first-order chi connectivity index (χ1) is 12.7. The smallest absolute Gasteiger partial charge is 0.254 e. The molecule has 1 fully saturated rings. The molecule has 1 aliphatic rings. The highest BCUT2D eigenvalue weighted by Gasteiger charge is 2.24. The van der Waals surface area contributed by atoms with Crippen LogP contribution in [0.1, 0.15) is 15.9 Å². The van der Waals surface area contributed by atoms with Gasteiger partial charge in [0.25, 0.3) is 5.91 Å². The highest BCUT2D eigenvalue weighted by Crippen LogP contribution is 2.25. The van der Waals surface area contributed by atoms with Crippen LogP contribution in [0.5, 0.6) is 11.5 Å². The molecule has 6 heteroatoms. The van der Waals surface area contributed by atoms with Gasteiger partial charge >= 0.3 is 0 Å². The molecule has 1 heterocycles. The molecule has 2 aromatic carbocycles. The fraction of sp³-hybridized carbons (Fsp3) is 0.300. The standard InChI is InChI=1S/C20H21N3O3/c1-25-17-11-16(12-18(13-17)26-2)20(24)23-9-7-22(8-10-23)19-6-4-3-5-15(19)14-21/h3-6,11-13H,7-10H2,1-2H3. The molecule has 134 valence electrons. The Kier molecular flexibility index (Phi) is 5.28. The second kappa shape index (κ2) is 7.79. The van der Waals surface area contributed by atoms with E-state index in [0.717, 1.165) is 5.69 Å². The number of hydrogen-bond acceptors (Lipinski definition) is 5. The summed E-state index contributed by atoms with van der Waals surface area (Å²) in [6, 6.07) is 15.0. The number of amides is 1. The van der Waals surface area contributed by atoms with E-state index >= 15 is 0 Å². The molecule has 3 rings (SSSR count). The van der Waals surface area contributed by atoms with Crippen molar-refractivity contribution in [2.24, 2.45) is 0 Å². The van der Waals surface area contributed by atoms with Gasteiger partial charge in [-0.1, -0.05) is 12.1 Å². The topological polar surface area (TPSA) is 65.8 Å². The van der Waals surface area contributed by atoms with Gasteiger partial charge in [0, 0.05) is 37.8 Å². The Morgan fingerprint density at radius 3 is 2.19 bits per heavy atom. The summed E-state index contributed by atoms with van der Waals surface area (Å²) in [5, 5.41) is 9.27. The molecule has 0 spiro atoms. The quantitative estimate of drug-likeness (QED) is 0.847. The van der Waals surface area contributed by atoms with Crippen LogP contribution in [0, 0.1) is 11.3 Å². The number of piperazine rings is 1. The Bertz CT molecular complexity index is 814. The fourth-order valence-electron chi connectivity index (χ4n) is 3.11. The normalized spacial score (nSPS) is 13.9. The lowest BCUT2D eigenvalue weighted by Gasteiger charge is -2.36. The monoisotopic (exact) mass is 351 g/mol. The number of para-hydroxylation sites is 1. The summed E-state index contributed by atoms with van der Waals surface area (Å²) in [5.74, 6) is 1.14.